The Morgan fingerprint density at radius 3 is 2.84 bits per heavy atom. The van der Waals surface area contributed by atoms with Gasteiger partial charge in [0.25, 0.3) is 5.91 Å². The summed E-state index contributed by atoms with van der Waals surface area (Å²) in [4.78, 5) is 11.4. The number of hydrogen-bond donors (Lipinski definition) is 7. The summed E-state index contributed by atoms with van der Waals surface area (Å²) < 4.78 is 20.2. The number of hydrogen-bond acceptors (Lipinski definition) is 7. The highest BCUT2D eigenvalue weighted by atomic mass is 19.1. The Morgan fingerprint density at radius 2 is 2.19 bits per heavy atom. The van der Waals surface area contributed by atoms with Crippen molar-refractivity contribution in [2.45, 2.75) is 18.9 Å². The van der Waals surface area contributed by atoms with E-state index in [2.05, 4.69) is 21.3 Å². The van der Waals surface area contributed by atoms with Gasteiger partial charge in [0.2, 0.25) is 0 Å². The van der Waals surface area contributed by atoms with Gasteiger partial charge in [-0.15, -0.1) is 0 Å². The lowest BCUT2D eigenvalue weighted by atomic mass is 10.0. The number of nitrogens with one attached hydrogen (secondary N) is 6. The number of amides is 1. The van der Waals surface area contributed by atoms with E-state index in [9.17, 15) is 9.18 Å². The lowest BCUT2D eigenvalue weighted by Gasteiger charge is -2.26. The summed E-state index contributed by atoms with van der Waals surface area (Å²) >= 11 is 0. The third-order valence-electron chi connectivity index (χ3n) is 5.17. The Kier molecular flexibility index (Phi) is 7.37. The molecule has 3 rings (SSSR count). The second-order valence-corrected chi connectivity index (χ2v) is 7.37. The third-order valence-corrected chi connectivity index (χ3v) is 5.17. The Balaban J connectivity index is 1.79. The van der Waals surface area contributed by atoms with Crippen LogP contribution in [0.1, 0.15) is 18.4 Å². The minimum absolute atomic E-state index is 0.108. The van der Waals surface area contributed by atoms with Crippen LogP contribution < -0.4 is 27.0 Å². The summed E-state index contributed by atoms with van der Waals surface area (Å²) in [5.74, 6) is -1.41. The molecule has 166 valence electrons. The number of rotatable bonds is 8. The number of benzene rings is 1. The predicted molar refractivity (Wildman–Crippen MR) is 119 cm³/mol. The van der Waals surface area contributed by atoms with Crippen molar-refractivity contribution in [2.75, 3.05) is 38.7 Å². The van der Waals surface area contributed by atoms with Gasteiger partial charge in [-0.1, -0.05) is 6.07 Å². The smallest absolute Gasteiger partial charge is 0.267 e. The number of carbonyl (C=O) groups is 1. The molecule has 1 aromatic rings. The summed E-state index contributed by atoms with van der Waals surface area (Å²) in [6.45, 7) is 2.68. The van der Waals surface area contributed by atoms with Crippen molar-refractivity contribution < 1.29 is 13.9 Å². The molecule has 1 aromatic carbocycles. The van der Waals surface area contributed by atoms with Gasteiger partial charge in [0.05, 0.1) is 18.3 Å². The van der Waals surface area contributed by atoms with E-state index in [4.69, 9.17) is 21.3 Å². The normalized spacial score (nSPS) is 19.2. The summed E-state index contributed by atoms with van der Waals surface area (Å²) in [7, 11) is 1.61. The molecule has 2 aliphatic rings. The standard InChI is InChI=1S/C21H28FN7O2/c1-26-9-14(19(23)21(25)30)12-2-3-18(16(22)8-12)29-20(24)15-10-27-6-4-17(15)28-13-5-7-31-11-13/h2-3,8-9,13,23,26-28H,4-7,10-11H2,1H3,(H2,24,29)(H2,25,30)/b14-9-,23-19?. The largest absolute Gasteiger partial charge is 0.393 e. The van der Waals surface area contributed by atoms with Gasteiger partial charge >= 0.3 is 0 Å². The van der Waals surface area contributed by atoms with Gasteiger partial charge in [-0.2, -0.15) is 0 Å². The molecule has 1 atom stereocenters. The number of carbonyl (C=O) groups excluding carboxylic acids is 1. The van der Waals surface area contributed by atoms with Crippen LogP contribution in [-0.4, -0.2) is 56.8 Å². The maximum atomic E-state index is 14.8. The molecule has 9 nitrogen and oxygen atoms in total. The third kappa shape index (κ3) is 5.47. The zero-order chi connectivity index (χ0) is 22.4. The van der Waals surface area contributed by atoms with Gasteiger partial charge in [0, 0.05) is 56.2 Å². The lowest BCUT2D eigenvalue weighted by Crippen LogP contribution is -2.39. The SMILES string of the molecule is CN/C=C(\C(=N)C(N)=O)c1ccc(NC(=N)C2=C(NC3CCOC3)CCNC2)c(F)c1. The fraction of sp³-hybridized carbons (Fsp3) is 0.381. The van der Waals surface area contributed by atoms with E-state index in [1.54, 1.807) is 13.1 Å². The zero-order valence-electron chi connectivity index (χ0n) is 17.4. The molecule has 0 radical (unpaired) electrons. The molecule has 0 aromatic heterocycles. The molecule has 0 spiro atoms. The van der Waals surface area contributed by atoms with Crippen molar-refractivity contribution in [3.8, 4) is 0 Å². The van der Waals surface area contributed by atoms with Crippen molar-refractivity contribution in [1.29, 1.82) is 10.8 Å². The van der Waals surface area contributed by atoms with E-state index >= 15 is 0 Å². The lowest BCUT2D eigenvalue weighted by molar-refractivity contribution is -0.111. The predicted octanol–water partition coefficient (Wildman–Crippen LogP) is 0.906. The van der Waals surface area contributed by atoms with Crippen LogP contribution in [0.3, 0.4) is 0 Å². The molecule has 0 bridgehead atoms. The van der Waals surface area contributed by atoms with Crippen LogP contribution in [0, 0.1) is 16.6 Å². The molecule has 1 amide bonds. The molecule has 2 aliphatic heterocycles. The van der Waals surface area contributed by atoms with Gasteiger partial charge in [0.15, 0.2) is 0 Å². The quantitative estimate of drug-likeness (QED) is 0.241. The van der Waals surface area contributed by atoms with Crippen LogP contribution in [0.25, 0.3) is 5.57 Å². The summed E-state index contributed by atoms with van der Waals surface area (Å²) in [5.41, 5.74) is 7.14. The molecular formula is C21H28FN7O2. The van der Waals surface area contributed by atoms with Crippen molar-refractivity contribution in [3.05, 3.63) is 47.0 Å². The monoisotopic (exact) mass is 429 g/mol. The first-order valence-corrected chi connectivity index (χ1v) is 10.1. The van der Waals surface area contributed by atoms with Crippen LogP contribution in [0.4, 0.5) is 10.1 Å². The first kappa shape index (κ1) is 22.4. The molecule has 1 fully saturated rings. The van der Waals surface area contributed by atoms with Crippen molar-refractivity contribution in [2.24, 2.45) is 5.73 Å². The minimum Gasteiger partial charge on any atom is -0.393 e. The van der Waals surface area contributed by atoms with E-state index in [0.717, 1.165) is 37.3 Å². The number of halogens is 1. The van der Waals surface area contributed by atoms with Crippen LogP contribution >= 0.6 is 0 Å². The van der Waals surface area contributed by atoms with Gasteiger partial charge in [0.1, 0.15) is 17.4 Å². The summed E-state index contributed by atoms with van der Waals surface area (Å²) in [6.07, 6.45) is 3.09. The van der Waals surface area contributed by atoms with Crippen LogP contribution in [0.2, 0.25) is 0 Å². The topological polar surface area (TPSA) is 148 Å². The first-order valence-electron chi connectivity index (χ1n) is 10.1. The maximum absolute atomic E-state index is 14.8. The van der Waals surface area contributed by atoms with Crippen LogP contribution in [0.5, 0.6) is 0 Å². The molecule has 1 saturated heterocycles. The molecule has 8 N–H and O–H groups in total. The van der Waals surface area contributed by atoms with Crippen LogP contribution in [0.15, 0.2) is 35.7 Å². The summed E-state index contributed by atoms with van der Waals surface area (Å²) in [5, 5.41) is 28.6. The Labute approximate surface area is 180 Å². The Bertz CT molecular complexity index is 936. The van der Waals surface area contributed by atoms with Gasteiger partial charge in [-0.25, -0.2) is 4.39 Å². The Hall–Kier alpha value is -3.24. The molecule has 2 heterocycles. The second-order valence-electron chi connectivity index (χ2n) is 7.37. The minimum atomic E-state index is -0.907. The van der Waals surface area contributed by atoms with Gasteiger partial charge < -0.3 is 31.7 Å². The van der Waals surface area contributed by atoms with E-state index in [-0.39, 0.29) is 23.1 Å². The molecular weight excluding hydrogens is 401 g/mol. The highest BCUT2D eigenvalue weighted by Gasteiger charge is 2.22. The van der Waals surface area contributed by atoms with Crippen molar-refractivity contribution >= 4 is 28.7 Å². The van der Waals surface area contributed by atoms with Gasteiger partial charge in [-0.05, 0) is 24.1 Å². The first-order chi connectivity index (χ1) is 14.9. The number of amidine groups is 1. The van der Waals surface area contributed by atoms with E-state index in [0.29, 0.717) is 18.7 Å². The Morgan fingerprint density at radius 1 is 1.39 bits per heavy atom. The number of ether oxygens (including phenoxy) is 1. The molecule has 0 saturated carbocycles. The second kappa shape index (κ2) is 10.2. The number of primary amides is 1. The van der Waals surface area contributed by atoms with Crippen molar-refractivity contribution in [3.63, 3.8) is 0 Å². The number of nitrogens with two attached hydrogens (primary N) is 1. The van der Waals surface area contributed by atoms with Crippen LogP contribution in [-0.2, 0) is 9.53 Å². The number of anilines is 1. The maximum Gasteiger partial charge on any atom is 0.267 e. The molecule has 0 aliphatic carbocycles. The van der Waals surface area contributed by atoms with E-state index in [1.807, 2.05) is 0 Å². The average Bonchev–Trinajstić information content (AvgIpc) is 3.26. The summed E-state index contributed by atoms with van der Waals surface area (Å²) in [6, 6.07) is 4.48. The molecule has 31 heavy (non-hydrogen) atoms. The molecule has 10 heteroatoms. The fourth-order valence-corrected chi connectivity index (χ4v) is 3.55. The van der Waals surface area contributed by atoms with Crippen molar-refractivity contribution in [1.82, 2.24) is 16.0 Å². The highest BCUT2D eigenvalue weighted by Crippen LogP contribution is 2.23. The van der Waals surface area contributed by atoms with Gasteiger partial charge in [-0.3, -0.25) is 15.6 Å². The fourth-order valence-electron chi connectivity index (χ4n) is 3.55. The molecule has 1 unspecified atom stereocenters. The highest BCUT2D eigenvalue weighted by molar-refractivity contribution is 6.54. The van der Waals surface area contributed by atoms with E-state index < -0.39 is 17.4 Å². The average molecular weight is 430 g/mol. The van der Waals surface area contributed by atoms with E-state index in [1.165, 1.54) is 18.3 Å². The zero-order valence-corrected chi connectivity index (χ0v) is 17.4.